The fraction of sp³-hybridized carbons (Fsp3) is 0.385. The molecule has 1 fully saturated rings. The monoisotopic (exact) mass is 482 g/mol. The van der Waals surface area contributed by atoms with Crippen LogP contribution < -0.4 is 15.5 Å². The van der Waals surface area contributed by atoms with Crippen molar-refractivity contribution < 1.29 is 14.3 Å². The van der Waals surface area contributed by atoms with Gasteiger partial charge in [0, 0.05) is 48.6 Å². The summed E-state index contributed by atoms with van der Waals surface area (Å²) in [6.45, 7) is 9.27. The van der Waals surface area contributed by atoms with Gasteiger partial charge in [-0.1, -0.05) is 35.9 Å². The van der Waals surface area contributed by atoms with Crippen molar-refractivity contribution in [1.29, 1.82) is 0 Å². The molecule has 2 aliphatic heterocycles. The second kappa shape index (κ2) is 10.5. The highest BCUT2D eigenvalue weighted by Crippen LogP contribution is 2.30. The van der Waals surface area contributed by atoms with Crippen LogP contribution in [0.25, 0.3) is 0 Å². The molecular weight excluding hydrogens is 452 g/mol. The number of hydrogen-bond acceptors (Lipinski definition) is 5. The lowest BCUT2D eigenvalue weighted by Gasteiger charge is -2.42. The van der Waals surface area contributed by atoms with Crippen molar-refractivity contribution in [3.8, 4) is 0 Å². The lowest BCUT2D eigenvalue weighted by molar-refractivity contribution is -0.139. The molecule has 2 aromatic rings. The topological polar surface area (TPSA) is 73.9 Å². The van der Waals surface area contributed by atoms with E-state index in [1.54, 1.807) is 19.1 Å². The summed E-state index contributed by atoms with van der Waals surface area (Å²) in [5.74, 6) is -0.434. The molecule has 0 aromatic heterocycles. The molecule has 0 aliphatic carbocycles. The van der Waals surface area contributed by atoms with Gasteiger partial charge in [0.05, 0.1) is 18.2 Å². The summed E-state index contributed by atoms with van der Waals surface area (Å²) in [5.41, 5.74) is 4.24. The normalized spacial score (nSPS) is 21.2. The third-order valence-corrected chi connectivity index (χ3v) is 6.53. The number of halogens is 1. The standard InChI is InChI=1S/C26H31ClN4O3/c1-4-34-25(32)23-22(28-26(33)29-24(23)19-8-10-20(27)11-9-19)16-30-12-13-31(18(3)15-30)21-7-5-6-17(2)14-21/h5-11,14,18,24H,4,12-13,15-16H2,1-3H3,(H2,28,29,33)/t18-,24-/m0/s1. The molecule has 2 aliphatic rings. The molecule has 1 saturated heterocycles. The number of benzene rings is 2. The Hall–Kier alpha value is -3.03. The number of aryl methyl sites for hydroxylation is 1. The van der Waals surface area contributed by atoms with Crippen LogP contribution in [0.2, 0.25) is 5.02 Å². The summed E-state index contributed by atoms with van der Waals surface area (Å²) in [4.78, 5) is 30.3. The number of anilines is 1. The number of amides is 2. The van der Waals surface area contributed by atoms with E-state index >= 15 is 0 Å². The van der Waals surface area contributed by atoms with Crippen LogP contribution >= 0.6 is 11.6 Å². The van der Waals surface area contributed by atoms with Crippen molar-refractivity contribution in [3.63, 3.8) is 0 Å². The van der Waals surface area contributed by atoms with Crippen molar-refractivity contribution in [3.05, 3.63) is 76.0 Å². The Balaban J connectivity index is 1.58. The maximum absolute atomic E-state index is 13.0. The number of rotatable bonds is 6. The first-order chi connectivity index (χ1) is 16.4. The summed E-state index contributed by atoms with van der Waals surface area (Å²) in [6.07, 6.45) is 0. The quantitative estimate of drug-likeness (QED) is 0.608. The molecule has 2 N–H and O–H groups in total. The van der Waals surface area contributed by atoms with E-state index in [9.17, 15) is 9.59 Å². The molecule has 0 saturated carbocycles. The molecule has 2 atom stereocenters. The number of urea groups is 1. The molecule has 0 radical (unpaired) electrons. The summed E-state index contributed by atoms with van der Waals surface area (Å²) in [5, 5.41) is 6.34. The minimum absolute atomic E-state index is 0.253. The number of nitrogens with zero attached hydrogens (tertiary/aromatic N) is 2. The maximum Gasteiger partial charge on any atom is 0.338 e. The number of ether oxygens (including phenoxy) is 1. The Kier molecular flexibility index (Phi) is 7.44. The minimum Gasteiger partial charge on any atom is -0.463 e. The maximum atomic E-state index is 13.0. The minimum atomic E-state index is -0.605. The number of carbonyl (C=O) groups excluding carboxylic acids is 2. The average molecular weight is 483 g/mol. The fourth-order valence-corrected chi connectivity index (χ4v) is 4.81. The number of esters is 1. The van der Waals surface area contributed by atoms with E-state index in [1.807, 2.05) is 12.1 Å². The van der Waals surface area contributed by atoms with Crippen LogP contribution in [0.5, 0.6) is 0 Å². The van der Waals surface area contributed by atoms with Crippen molar-refractivity contribution >= 4 is 29.3 Å². The molecule has 0 bridgehead atoms. The van der Waals surface area contributed by atoms with E-state index in [-0.39, 0.29) is 18.7 Å². The molecule has 4 rings (SSSR count). The number of carbonyl (C=O) groups is 2. The molecule has 2 amide bonds. The lowest BCUT2D eigenvalue weighted by Crippen LogP contribution is -2.54. The Morgan fingerprint density at radius 2 is 1.94 bits per heavy atom. The number of piperazine rings is 1. The van der Waals surface area contributed by atoms with E-state index < -0.39 is 12.0 Å². The van der Waals surface area contributed by atoms with Gasteiger partial charge in [0.25, 0.3) is 0 Å². The van der Waals surface area contributed by atoms with Crippen LogP contribution in [0, 0.1) is 6.92 Å². The molecule has 2 heterocycles. The van der Waals surface area contributed by atoms with Crippen molar-refractivity contribution in [2.45, 2.75) is 32.9 Å². The largest absolute Gasteiger partial charge is 0.463 e. The van der Waals surface area contributed by atoms with Gasteiger partial charge < -0.3 is 20.3 Å². The zero-order chi connectivity index (χ0) is 24.2. The van der Waals surface area contributed by atoms with Crippen molar-refractivity contribution in [2.75, 3.05) is 37.7 Å². The molecule has 8 heteroatoms. The third-order valence-electron chi connectivity index (χ3n) is 6.28. The van der Waals surface area contributed by atoms with Crippen molar-refractivity contribution in [1.82, 2.24) is 15.5 Å². The van der Waals surface area contributed by atoms with Crippen LogP contribution in [0.15, 0.2) is 59.8 Å². The lowest BCUT2D eigenvalue weighted by atomic mass is 9.95. The Bertz CT molecular complexity index is 1090. The van der Waals surface area contributed by atoms with Gasteiger partial charge in [-0.25, -0.2) is 9.59 Å². The Morgan fingerprint density at radius 1 is 1.18 bits per heavy atom. The van der Waals surface area contributed by atoms with Crippen LogP contribution in [0.4, 0.5) is 10.5 Å². The van der Waals surface area contributed by atoms with Crippen LogP contribution in [0.1, 0.15) is 31.0 Å². The zero-order valence-electron chi connectivity index (χ0n) is 19.8. The molecule has 180 valence electrons. The molecule has 34 heavy (non-hydrogen) atoms. The molecular formula is C26H31ClN4O3. The Labute approximate surface area is 205 Å². The molecule has 0 spiro atoms. The van der Waals surface area contributed by atoms with Crippen LogP contribution in [-0.4, -0.2) is 55.7 Å². The molecule has 0 unspecified atom stereocenters. The predicted molar refractivity (Wildman–Crippen MR) is 134 cm³/mol. The van der Waals surface area contributed by atoms with Gasteiger partial charge in [0.15, 0.2) is 0 Å². The summed E-state index contributed by atoms with van der Waals surface area (Å²) < 4.78 is 5.38. The van der Waals surface area contributed by atoms with Gasteiger partial charge in [0.1, 0.15) is 0 Å². The highest BCUT2D eigenvalue weighted by atomic mass is 35.5. The van der Waals surface area contributed by atoms with Gasteiger partial charge in [-0.05, 0) is 56.2 Å². The predicted octanol–water partition coefficient (Wildman–Crippen LogP) is 4.03. The van der Waals surface area contributed by atoms with Gasteiger partial charge >= 0.3 is 12.0 Å². The van der Waals surface area contributed by atoms with Gasteiger partial charge in [-0.2, -0.15) is 0 Å². The summed E-state index contributed by atoms with van der Waals surface area (Å²) in [6, 6.07) is 15.0. The van der Waals surface area contributed by atoms with Crippen molar-refractivity contribution in [2.24, 2.45) is 0 Å². The Morgan fingerprint density at radius 3 is 2.62 bits per heavy atom. The van der Waals surface area contributed by atoms with Crippen LogP contribution in [-0.2, 0) is 9.53 Å². The first kappa shape index (κ1) is 24.1. The third kappa shape index (κ3) is 5.37. The number of nitrogens with one attached hydrogen (secondary N) is 2. The summed E-state index contributed by atoms with van der Waals surface area (Å²) in [7, 11) is 0. The highest BCUT2D eigenvalue weighted by molar-refractivity contribution is 6.30. The first-order valence-electron chi connectivity index (χ1n) is 11.6. The SMILES string of the molecule is CCOC(=O)C1=C(CN2CCN(c3cccc(C)c3)[C@@H](C)C2)NC(=O)N[C@H]1c1ccc(Cl)cc1. The van der Waals surface area contributed by atoms with Gasteiger partial charge in [-0.3, -0.25) is 4.90 Å². The van der Waals surface area contributed by atoms with E-state index in [0.717, 1.165) is 25.2 Å². The van der Waals surface area contributed by atoms with Gasteiger partial charge in [0.2, 0.25) is 0 Å². The van der Waals surface area contributed by atoms with Gasteiger partial charge in [-0.15, -0.1) is 0 Å². The van der Waals surface area contributed by atoms with E-state index in [0.29, 0.717) is 22.8 Å². The van der Waals surface area contributed by atoms with Crippen LogP contribution in [0.3, 0.4) is 0 Å². The van der Waals surface area contributed by atoms with E-state index in [2.05, 4.69) is 58.5 Å². The average Bonchev–Trinajstić information content (AvgIpc) is 2.79. The molecule has 2 aromatic carbocycles. The smallest absolute Gasteiger partial charge is 0.338 e. The second-order valence-corrected chi connectivity index (χ2v) is 9.25. The van der Waals surface area contributed by atoms with E-state index in [4.69, 9.17) is 16.3 Å². The second-order valence-electron chi connectivity index (χ2n) is 8.81. The first-order valence-corrected chi connectivity index (χ1v) is 12.0. The van der Waals surface area contributed by atoms with E-state index in [1.165, 1.54) is 11.3 Å². The summed E-state index contributed by atoms with van der Waals surface area (Å²) >= 11 is 6.05. The fourth-order valence-electron chi connectivity index (χ4n) is 4.69. The molecule has 7 nitrogen and oxygen atoms in total. The number of hydrogen-bond donors (Lipinski definition) is 2. The highest BCUT2D eigenvalue weighted by Gasteiger charge is 2.35. The zero-order valence-corrected chi connectivity index (χ0v) is 20.6.